The smallest absolute Gasteiger partial charge is 0.212 e. The number of hydrogen-bond donors (Lipinski definition) is 1. The van der Waals surface area contributed by atoms with Crippen LogP contribution in [0.3, 0.4) is 0 Å². The van der Waals surface area contributed by atoms with Gasteiger partial charge in [0.1, 0.15) is 5.75 Å². The number of nitrogens with zero attached hydrogens (tertiary/aromatic N) is 1. The monoisotopic (exact) mass is 246 g/mol. The third kappa shape index (κ3) is 3.45. The average molecular weight is 246 g/mol. The molecule has 0 saturated heterocycles. The van der Waals surface area contributed by atoms with Crippen LogP contribution in [-0.4, -0.2) is 11.6 Å². The molecule has 0 amide bonds. The normalized spacial score (nSPS) is 10.1. The SMILES string of the molecule is CCOc1cccc(CNc2ccc(F)nc2)c1. The summed E-state index contributed by atoms with van der Waals surface area (Å²) in [5.74, 6) is 0.382. The second kappa shape index (κ2) is 6.00. The minimum atomic E-state index is -0.473. The molecule has 18 heavy (non-hydrogen) atoms. The van der Waals surface area contributed by atoms with Gasteiger partial charge in [-0.1, -0.05) is 12.1 Å². The van der Waals surface area contributed by atoms with E-state index in [1.807, 2.05) is 31.2 Å². The van der Waals surface area contributed by atoms with Gasteiger partial charge >= 0.3 is 0 Å². The number of ether oxygens (including phenoxy) is 1. The van der Waals surface area contributed by atoms with E-state index in [1.54, 1.807) is 6.07 Å². The van der Waals surface area contributed by atoms with Crippen molar-refractivity contribution in [2.75, 3.05) is 11.9 Å². The Labute approximate surface area is 106 Å². The first-order chi connectivity index (χ1) is 8.78. The van der Waals surface area contributed by atoms with Gasteiger partial charge < -0.3 is 10.1 Å². The summed E-state index contributed by atoms with van der Waals surface area (Å²) in [6, 6.07) is 10.9. The van der Waals surface area contributed by atoms with Gasteiger partial charge in [0, 0.05) is 6.54 Å². The van der Waals surface area contributed by atoms with E-state index in [4.69, 9.17) is 4.74 Å². The highest BCUT2D eigenvalue weighted by atomic mass is 19.1. The summed E-state index contributed by atoms with van der Waals surface area (Å²) in [4.78, 5) is 3.58. The number of nitrogens with one attached hydrogen (secondary N) is 1. The highest BCUT2D eigenvalue weighted by Crippen LogP contribution is 2.15. The number of hydrogen-bond acceptors (Lipinski definition) is 3. The molecule has 3 nitrogen and oxygen atoms in total. The zero-order valence-electron chi connectivity index (χ0n) is 10.2. The van der Waals surface area contributed by atoms with Crippen LogP contribution in [0.15, 0.2) is 42.6 Å². The molecule has 4 heteroatoms. The van der Waals surface area contributed by atoms with Crippen LogP contribution in [0.1, 0.15) is 12.5 Å². The summed E-state index contributed by atoms with van der Waals surface area (Å²) in [6.07, 6.45) is 1.47. The lowest BCUT2D eigenvalue weighted by molar-refractivity contribution is 0.340. The summed E-state index contributed by atoms with van der Waals surface area (Å²) < 4.78 is 18.1. The van der Waals surface area contributed by atoms with Crippen LogP contribution < -0.4 is 10.1 Å². The minimum absolute atomic E-state index is 0.473. The van der Waals surface area contributed by atoms with E-state index in [2.05, 4.69) is 10.3 Å². The first kappa shape index (κ1) is 12.4. The van der Waals surface area contributed by atoms with Gasteiger partial charge in [-0.25, -0.2) is 4.98 Å². The molecule has 0 bridgehead atoms. The maximum atomic E-state index is 12.6. The van der Waals surface area contributed by atoms with E-state index in [0.29, 0.717) is 13.2 Å². The van der Waals surface area contributed by atoms with Crippen molar-refractivity contribution in [2.24, 2.45) is 0 Å². The standard InChI is InChI=1S/C14H15FN2O/c1-2-18-13-5-3-4-11(8-13)9-16-12-6-7-14(15)17-10-12/h3-8,10,16H,2,9H2,1H3. The van der Waals surface area contributed by atoms with Gasteiger partial charge in [-0.3, -0.25) is 0 Å². The number of aromatic nitrogens is 1. The third-order valence-electron chi connectivity index (χ3n) is 2.43. The van der Waals surface area contributed by atoms with E-state index in [-0.39, 0.29) is 0 Å². The number of anilines is 1. The van der Waals surface area contributed by atoms with Gasteiger partial charge in [0.15, 0.2) is 0 Å². The van der Waals surface area contributed by atoms with Crippen molar-refractivity contribution >= 4 is 5.69 Å². The predicted octanol–water partition coefficient (Wildman–Crippen LogP) is 3.23. The zero-order valence-corrected chi connectivity index (χ0v) is 10.2. The lowest BCUT2D eigenvalue weighted by Gasteiger charge is -2.08. The Balaban J connectivity index is 1.97. The molecule has 1 N–H and O–H groups in total. The molecule has 0 spiro atoms. The maximum absolute atomic E-state index is 12.6. The maximum Gasteiger partial charge on any atom is 0.212 e. The van der Waals surface area contributed by atoms with Crippen molar-refractivity contribution in [3.8, 4) is 5.75 Å². The Bertz CT molecular complexity index is 499. The molecular weight excluding hydrogens is 231 g/mol. The van der Waals surface area contributed by atoms with Crippen LogP contribution in [0, 0.1) is 5.95 Å². The summed E-state index contributed by atoms with van der Waals surface area (Å²) in [6.45, 7) is 3.25. The first-order valence-corrected chi connectivity index (χ1v) is 5.85. The number of pyridine rings is 1. The largest absolute Gasteiger partial charge is 0.494 e. The molecule has 2 aromatic rings. The van der Waals surface area contributed by atoms with Gasteiger partial charge in [-0.05, 0) is 36.8 Å². The van der Waals surface area contributed by atoms with Crippen molar-refractivity contribution in [2.45, 2.75) is 13.5 Å². The summed E-state index contributed by atoms with van der Waals surface area (Å²) in [5, 5.41) is 3.17. The molecule has 0 fully saturated rings. The molecule has 2 rings (SSSR count). The molecular formula is C14H15FN2O. The van der Waals surface area contributed by atoms with Gasteiger partial charge in [0.25, 0.3) is 0 Å². The lowest BCUT2D eigenvalue weighted by atomic mass is 10.2. The third-order valence-corrected chi connectivity index (χ3v) is 2.43. The second-order valence-electron chi connectivity index (χ2n) is 3.80. The van der Waals surface area contributed by atoms with E-state index >= 15 is 0 Å². The summed E-state index contributed by atoms with van der Waals surface area (Å²) in [7, 11) is 0. The average Bonchev–Trinajstić information content (AvgIpc) is 2.39. The molecule has 0 aliphatic heterocycles. The van der Waals surface area contributed by atoms with Crippen molar-refractivity contribution < 1.29 is 9.13 Å². The quantitative estimate of drug-likeness (QED) is 0.822. The Morgan fingerprint density at radius 2 is 2.17 bits per heavy atom. The first-order valence-electron chi connectivity index (χ1n) is 5.85. The molecule has 0 saturated carbocycles. The molecule has 1 heterocycles. The highest BCUT2D eigenvalue weighted by Gasteiger charge is 1.98. The van der Waals surface area contributed by atoms with E-state index in [0.717, 1.165) is 17.0 Å². The molecule has 1 aromatic heterocycles. The van der Waals surface area contributed by atoms with E-state index in [1.165, 1.54) is 12.3 Å². The summed E-state index contributed by atoms with van der Waals surface area (Å²) >= 11 is 0. The molecule has 0 radical (unpaired) electrons. The fourth-order valence-corrected chi connectivity index (χ4v) is 1.60. The minimum Gasteiger partial charge on any atom is -0.494 e. The Hall–Kier alpha value is -2.10. The van der Waals surface area contributed by atoms with Crippen LogP contribution >= 0.6 is 0 Å². The fourth-order valence-electron chi connectivity index (χ4n) is 1.60. The Kier molecular flexibility index (Phi) is 4.12. The van der Waals surface area contributed by atoms with Gasteiger partial charge in [-0.15, -0.1) is 0 Å². The molecule has 0 unspecified atom stereocenters. The molecule has 94 valence electrons. The lowest BCUT2D eigenvalue weighted by Crippen LogP contribution is -2.00. The number of halogens is 1. The van der Waals surface area contributed by atoms with Crippen LogP contribution in [-0.2, 0) is 6.54 Å². The Morgan fingerprint density at radius 1 is 1.28 bits per heavy atom. The predicted molar refractivity (Wildman–Crippen MR) is 69.1 cm³/mol. The van der Waals surface area contributed by atoms with E-state index in [9.17, 15) is 4.39 Å². The molecule has 0 aliphatic carbocycles. The van der Waals surface area contributed by atoms with Gasteiger partial charge in [0.05, 0.1) is 18.5 Å². The molecule has 0 atom stereocenters. The van der Waals surface area contributed by atoms with Crippen molar-refractivity contribution in [3.05, 3.63) is 54.1 Å². The topological polar surface area (TPSA) is 34.1 Å². The number of rotatable bonds is 5. The van der Waals surface area contributed by atoms with Crippen molar-refractivity contribution in [1.82, 2.24) is 4.98 Å². The zero-order chi connectivity index (χ0) is 12.8. The van der Waals surface area contributed by atoms with Crippen molar-refractivity contribution in [3.63, 3.8) is 0 Å². The molecule has 1 aromatic carbocycles. The highest BCUT2D eigenvalue weighted by molar-refractivity contribution is 5.41. The van der Waals surface area contributed by atoms with Crippen LogP contribution in [0.2, 0.25) is 0 Å². The van der Waals surface area contributed by atoms with E-state index < -0.39 is 5.95 Å². The Morgan fingerprint density at radius 3 is 2.89 bits per heavy atom. The van der Waals surface area contributed by atoms with Crippen LogP contribution in [0.25, 0.3) is 0 Å². The second-order valence-corrected chi connectivity index (χ2v) is 3.80. The van der Waals surface area contributed by atoms with Gasteiger partial charge in [0.2, 0.25) is 5.95 Å². The molecule has 0 aliphatic rings. The number of benzene rings is 1. The van der Waals surface area contributed by atoms with Crippen molar-refractivity contribution in [1.29, 1.82) is 0 Å². The van der Waals surface area contributed by atoms with Gasteiger partial charge in [-0.2, -0.15) is 4.39 Å². The van der Waals surface area contributed by atoms with Crippen LogP contribution in [0.5, 0.6) is 5.75 Å². The van der Waals surface area contributed by atoms with Crippen LogP contribution in [0.4, 0.5) is 10.1 Å². The summed E-state index contributed by atoms with van der Waals surface area (Å²) in [5.41, 5.74) is 1.89. The fraction of sp³-hybridized carbons (Fsp3) is 0.214.